The second-order valence-corrected chi connectivity index (χ2v) is 19.1. The molecule has 0 saturated heterocycles. The number of fused-ring (bicyclic) bond motifs is 8. The van der Waals surface area contributed by atoms with Gasteiger partial charge in [0.15, 0.2) is 0 Å². The van der Waals surface area contributed by atoms with E-state index in [4.69, 9.17) is 0 Å². The maximum absolute atomic E-state index is 2.70. The van der Waals surface area contributed by atoms with Gasteiger partial charge in [-0.05, 0) is 0 Å². The minimum atomic E-state index is -2.27. The van der Waals surface area contributed by atoms with Crippen LogP contribution < -0.4 is 30.0 Å². The largest absolute Gasteiger partial charge is 1.00 e. The summed E-state index contributed by atoms with van der Waals surface area (Å²) in [7, 11) is -2.27. The Morgan fingerprint density at radius 3 is 1.46 bits per heavy atom. The van der Waals surface area contributed by atoms with Crippen LogP contribution in [0.4, 0.5) is 0 Å². The zero-order valence-corrected chi connectivity index (χ0v) is 27.9. The van der Waals surface area contributed by atoms with E-state index in [0.717, 1.165) is 0 Å². The Kier molecular flexibility index (Phi) is 8.12. The maximum Gasteiger partial charge on any atom is -1.00 e. The molecule has 0 N–H and O–H groups in total. The van der Waals surface area contributed by atoms with Gasteiger partial charge in [-0.25, -0.2) is 0 Å². The summed E-state index contributed by atoms with van der Waals surface area (Å²) in [5.41, 5.74) is 13.3. The molecule has 4 bridgehead atoms. The van der Waals surface area contributed by atoms with Crippen molar-refractivity contribution in [2.24, 2.45) is 0 Å². The van der Waals surface area contributed by atoms with Gasteiger partial charge < -0.3 is 24.8 Å². The van der Waals surface area contributed by atoms with Crippen molar-refractivity contribution in [1.82, 2.24) is 0 Å². The molecule has 4 heteroatoms. The molecule has 0 saturated carbocycles. The minimum absolute atomic E-state index is 0. The molecule has 2 unspecified atom stereocenters. The normalized spacial score (nSPS) is 22.9. The van der Waals surface area contributed by atoms with E-state index >= 15 is 0 Å². The Hall–Kier alpha value is -1.18. The Morgan fingerprint density at radius 2 is 1.05 bits per heavy atom. The zero-order chi connectivity index (χ0) is 24.6. The van der Waals surface area contributed by atoms with Gasteiger partial charge >= 0.3 is 225 Å². The summed E-state index contributed by atoms with van der Waals surface area (Å²) >= 11 is -0.823. The molecule has 3 aliphatic rings. The molecule has 1 aliphatic heterocycles. The summed E-state index contributed by atoms with van der Waals surface area (Å²) in [4.78, 5) is 0. The van der Waals surface area contributed by atoms with Crippen molar-refractivity contribution in [2.45, 2.75) is 67.2 Å². The molecule has 0 amide bonds. The van der Waals surface area contributed by atoms with Crippen molar-refractivity contribution < 1.29 is 48.0 Å². The van der Waals surface area contributed by atoms with Crippen LogP contribution in [0, 0.1) is 0 Å². The van der Waals surface area contributed by atoms with E-state index in [1.165, 1.54) is 0 Å². The fraction of sp³-hybridized carbons (Fsp3) is 0.333. The van der Waals surface area contributed by atoms with Gasteiger partial charge in [0.2, 0.25) is 0 Å². The quantitative estimate of drug-likeness (QED) is 0.394. The van der Waals surface area contributed by atoms with E-state index in [-0.39, 0.29) is 24.8 Å². The third kappa shape index (κ3) is 4.00. The van der Waals surface area contributed by atoms with Crippen LogP contribution in [0.1, 0.15) is 94.0 Å². The monoisotopic (exact) mass is 620 g/mol. The van der Waals surface area contributed by atoms with Crippen LogP contribution in [0.15, 0.2) is 77.9 Å². The molecule has 2 aliphatic carbocycles. The summed E-state index contributed by atoms with van der Waals surface area (Å²) in [5, 5.41) is 5.09. The van der Waals surface area contributed by atoms with Gasteiger partial charge in [-0.2, -0.15) is 0 Å². The van der Waals surface area contributed by atoms with Crippen LogP contribution in [0.2, 0.25) is 6.55 Å². The first-order chi connectivity index (χ1) is 16.8. The Balaban J connectivity index is 0.00000160. The first-order valence-electron chi connectivity index (χ1n) is 13.3. The van der Waals surface area contributed by atoms with Gasteiger partial charge in [-0.3, -0.25) is 0 Å². The van der Waals surface area contributed by atoms with Gasteiger partial charge in [0.1, 0.15) is 0 Å². The zero-order valence-electron chi connectivity index (χ0n) is 22.9. The fourth-order valence-electron chi connectivity index (χ4n) is 7.42. The van der Waals surface area contributed by atoms with Gasteiger partial charge in [-0.15, -0.1) is 0 Å². The molecule has 3 aromatic rings. The predicted molar refractivity (Wildman–Crippen MR) is 149 cm³/mol. The minimum Gasteiger partial charge on any atom is -1.00 e. The average Bonchev–Trinajstić information content (AvgIpc) is 3.31. The fourth-order valence-corrected chi connectivity index (χ4v) is 18.1. The van der Waals surface area contributed by atoms with Crippen molar-refractivity contribution in [3.05, 3.63) is 111 Å². The van der Waals surface area contributed by atoms with Gasteiger partial charge in [0.05, 0.1) is 0 Å². The van der Waals surface area contributed by atoms with Crippen LogP contribution in [-0.2, 0) is 23.2 Å². The average molecular weight is 623 g/mol. The Bertz CT molecular complexity index is 1330. The molecule has 1 heterocycles. The summed E-state index contributed by atoms with van der Waals surface area (Å²) < 4.78 is 1.38. The SMILES string of the molecule is CC1=C2c3c(C(C)C)cccc3[CH]1[Zr+2][CH]1C(C)=C(c3c(C(C)C)cccc31)[Si]2(C)c1ccccc1.[Cl-].[Cl-]. The van der Waals surface area contributed by atoms with Crippen LogP contribution in [0.25, 0.3) is 10.4 Å². The maximum atomic E-state index is 2.70. The molecule has 2 atom stereocenters. The number of allylic oxidation sites excluding steroid dienone is 2. The third-order valence-corrected chi connectivity index (χ3v) is 19.0. The van der Waals surface area contributed by atoms with Crippen molar-refractivity contribution >= 4 is 23.7 Å². The summed E-state index contributed by atoms with van der Waals surface area (Å²) in [6.45, 7) is 17.3. The Morgan fingerprint density at radius 1 is 0.622 bits per heavy atom. The molecule has 3 aromatic carbocycles. The number of hydrogen-bond donors (Lipinski definition) is 0. The Labute approximate surface area is 248 Å². The molecule has 0 spiro atoms. The summed E-state index contributed by atoms with van der Waals surface area (Å²) in [6.07, 6.45) is 0. The smallest absolute Gasteiger partial charge is 1.00 e. The molecule has 0 nitrogen and oxygen atoms in total. The molecule has 0 aromatic heterocycles. The van der Waals surface area contributed by atoms with Crippen LogP contribution >= 0.6 is 0 Å². The molecule has 37 heavy (non-hydrogen) atoms. The van der Waals surface area contributed by atoms with Crippen LogP contribution in [-0.4, -0.2) is 8.07 Å². The molecular weight excluding hydrogens is 587 g/mol. The second-order valence-electron chi connectivity index (χ2n) is 11.6. The number of benzene rings is 3. The summed E-state index contributed by atoms with van der Waals surface area (Å²) in [5.74, 6) is 1.08. The molecular formula is C33H36Cl2SiZr. The van der Waals surface area contributed by atoms with Gasteiger partial charge in [0, 0.05) is 0 Å². The number of halogens is 2. The van der Waals surface area contributed by atoms with Gasteiger partial charge in [-0.1, -0.05) is 0 Å². The molecule has 0 fully saturated rings. The number of hydrogen-bond acceptors (Lipinski definition) is 0. The summed E-state index contributed by atoms with van der Waals surface area (Å²) in [6, 6.07) is 26.2. The van der Waals surface area contributed by atoms with Crippen LogP contribution in [0.5, 0.6) is 0 Å². The van der Waals surface area contributed by atoms with Crippen molar-refractivity contribution in [1.29, 1.82) is 0 Å². The van der Waals surface area contributed by atoms with Crippen molar-refractivity contribution in [3.8, 4) is 0 Å². The van der Waals surface area contributed by atoms with E-state index in [1.807, 2.05) is 0 Å². The second kappa shape index (κ2) is 10.4. The molecule has 190 valence electrons. The van der Waals surface area contributed by atoms with E-state index in [2.05, 4.69) is 115 Å². The standard InChI is InChI=1S/C33H36Si.2ClH.Zr/c1-21(2)28-17-11-13-25-19-23(5)32(30(25)28)34(7,27-15-9-8-10-16-27)33-24(6)20-26-14-12-18-29(22(3)4)31(26)33;;;/h8-22H,1-7H3;2*1H;/q;;;+2/p-2. The van der Waals surface area contributed by atoms with Gasteiger partial charge in [0.25, 0.3) is 0 Å². The molecule has 0 radical (unpaired) electrons. The van der Waals surface area contributed by atoms with Crippen molar-refractivity contribution in [2.75, 3.05) is 0 Å². The first-order valence-corrected chi connectivity index (χ1v) is 18.6. The first kappa shape index (κ1) is 28.8. The number of rotatable bonds is 3. The third-order valence-electron chi connectivity index (χ3n) is 8.96. The van der Waals surface area contributed by atoms with E-state index < -0.39 is 31.3 Å². The van der Waals surface area contributed by atoms with E-state index in [0.29, 0.717) is 19.1 Å². The molecule has 6 rings (SSSR count). The van der Waals surface area contributed by atoms with Crippen LogP contribution in [0.3, 0.4) is 0 Å². The van der Waals surface area contributed by atoms with Crippen molar-refractivity contribution in [3.63, 3.8) is 0 Å². The predicted octanol–water partition coefficient (Wildman–Crippen LogP) is 2.46. The van der Waals surface area contributed by atoms with E-state index in [1.54, 1.807) is 60.1 Å². The van der Waals surface area contributed by atoms with E-state index in [9.17, 15) is 0 Å². The topological polar surface area (TPSA) is 0 Å².